The average Bonchev–Trinajstić information content (AvgIpc) is 2.28. The van der Waals surface area contributed by atoms with Crippen molar-refractivity contribution in [2.75, 3.05) is 12.4 Å². The molecule has 0 aliphatic carbocycles. The van der Waals surface area contributed by atoms with Gasteiger partial charge in [-0.25, -0.2) is 13.6 Å². The summed E-state index contributed by atoms with van der Waals surface area (Å²) in [5.74, 6) is -2.00. The van der Waals surface area contributed by atoms with Gasteiger partial charge in [-0.05, 0) is 12.1 Å². The van der Waals surface area contributed by atoms with Crippen LogP contribution in [0.15, 0.2) is 24.3 Å². The first-order valence-corrected chi connectivity index (χ1v) is 4.32. The molecule has 0 unspecified atom stereocenters. The second kappa shape index (κ2) is 5.20. The van der Waals surface area contributed by atoms with E-state index in [9.17, 15) is 18.4 Å². The van der Waals surface area contributed by atoms with Gasteiger partial charge in [0, 0.05) is 11.3 Å². The van der Waals surface area contributed by atoms with Gasteiger partial charge in [0.2, 0.25) is 0 Å². The first kappa shape index (κ1) is 12.1. The fourth-order valence-electron chi connectivity index (χ4n) is 0.987. The molecule has 0 saturated carbocycles. The number of esters is 1. The highest BCUT2D eigenvalue weighted by Crippen LogP contribution is 2.20. The zero-order valence-electron chi connectivity index (χ0n) is 8.37. The third-order valence-corrected chi connectivity index (χ3v) is 1.79. The van der Waals surface area contributed by atoms with Crippen LogP contribution in [0.3, 0.4) is 0 Å². The highest BCUT2D eigenvalue weighted by atomic mass is 19.3. The Morgan fingerprint density at radius 2 is 1.81 bits per heavy atom. The number of alkyl halides is 2. The number of anilines is 1. The molecule has 16 heavy (non-hydrogen) atoms. The van der Waals surface area contributed by atoms with Crippen LogP contribution in [0.5, 0.6) is 0 Å². The molecule has 0 aromatic heterocycles. The lowest BCUT2D eigenvalue weighted by Crippen LogP contribution is -2.23. The first-order chi connectivity index (χ1) is 7.54. The van der Waals surface area contributed by atoms with E-state index in [-0.39, 0.29) is 11.3 Å². The van der Waals surface area contributed by atoms with Crippen molar-refractivity contribution in [1.82, 2.24) is 0 Å². The van der Waals surface area contributed by atoms with Crippen molar-refractivity contribution in [3.05, 3.63) is 29.8 Å². The summed E-state index contributed by atoms with van der Waals surface area (Å²) in [5, 5.41) is 2.20. The second-order valence-electron chi connectivity index (χ2n) is 2.87. The topological polar surface area (TPSA) is 55.4 Å². The predicted molar refractivity (Wildman–Crippen MR) is 52.0 cm³/mol. The molecule has 0 saturated heterocycles. The normalized spacial score (nSPS) is 10.0. The van der Waals surface area contributed by atoms with Crippen LogP contribution < -0.4 is 5.32 Å². The van der Waals surface area contributed by atoms with Crippen LogP contribution in [-0.4, -0.2) is 19.0 Å². The van der Waals surface area contributed by atoms with E-state index in [1.54, 1.807) is 0 Å². The molecule has 86 valence electrons. The molecule has 1 aromatic carbocycles. The molecule has 0 aliphatic heterocycles. The van der Waals surface area contributed by atoms with Crippen molar-refractivity contribution in [2.24, 2.45) is 0 Å². The maximum Gasteiger partial charge on any atom is 0.396 e. The molecule has 0 heterocycles. The van der Waals surface area contributed by atoms with Crippen molar-refractivity contribution in [1.29, 1.82) is 0 Å². The van der Waals surface area contributed by atoms with Gasteiger partial charge in [0.25, 0.3) is 6.43 Å². The molecule has 0 spiro atoms. The molecule has 4 nitrogen and oxygen atoms in total. The minimum absolute atomic E-state index is 0.156. The van der Waals surface area contributed by atoms with Crippen molar-refractivity contribution >= 4 is 17.6 Å². The number of amides is 1. The Morgan fingerprint density at radius 3 is 2.25 bits per heavy atom. The van der Waals surface area contributed by atoms with Gasteiger partial charge in [-0.2, -0.15) is 0 Å². The Kier molecular flexibility index (Phi) is 3.93. The third-order valence-electron chi connectivity index (χ3n) is 1.79. The Labute approximate surface area is 90.2 Å². The summed E-state index contributed by atoms with van der Waals surface area (Å²) in [4.78, 5) is 21.8. The molecule has 0 bridgehead atoms. The average molecular weight is 229 g/mol. The number of carbonyl (C=O) groups is 2. The van der Waals surface area contributed by atoms with Gasteiger partial charge in [0.1, 0.15) is 0 Å². The lowest BCUT2D eigenvalue weighted by molar-refractivity contribution is -0.150. The van der Waals surface area contributed by atoms with Crippen molar-refractivity contribution < 1.29 is 23.1 Å². The van der Waals surface area contributed by atoms with Gasteiger partial charge in [-0.3, -0.25) is 4.79 Å². The lowest BCUT2D eigenvalue weighted by Gasteiger charge is -2.04. The quantitative estimate of drug-likeness (QED) is 0.620. The number of methoxy groups -OCH3 is 1. The Morgan fingerprint density at radius 1 is 1.25 bits per heavy atom. The van der Waals surface area contributed by atoms with Crippen LogP contribution in [0.2, 0.25) is 0 Å². The Hall–Kier alpha value is -1.98. The Bertz CT molecular complexity index is 390. The number of halogens is 2. The molecule has 1 rings (SSSR count). The smallest absolute Gasteiger partial charge is 0.396 e. The molecule has 1 amide bonds. The number of ether oxygens (including phenoxy) is 1. The van der Waals surface area contributed by atoms with Crippen LogP contribution >= 0.6 is 0 Å². The highest BCUT2D eigenvalue weighted by Gasteiger charge is 2.14. The number of benzene rings is 1. The predicted octanol–water partition coefficient (Wildman–Crippen LogP) is 1.74. The van der Waals surface area contributed by atoms with Crippen LogP contribution in [0, 0.1) is 0 Å². The number of rotatable bonds is 2. The fraction of sp³-hybridized carbons (Fsp3) is 0.200. The van der Waals surface area contributed by atoms with Gasteiger partial charge in [0.15, 0.2) is 0 Å². The van der Waals surface area contributed by atoms with E-state index in [1.165, 1.54) is 12.1 Å². The first-order valence-electron chi connectivity index (χ1n) is 4.32. The third kappa shape index (κ3) is 3.01. The molecule has 0 radical (unpaired) electrons. The van der Waals surface area contributed by atoms with Gasteiger partial charge in [0.05, 0.1) is 7.11 Å². The summed E-state index contributed by atoms with van der Waals surface area (Å²) in [6.07, 6.45) is -2.56. The van der Waals surface area contributed by atoms with Gasteiger partial charge in [-0.1, -0.05) is 12.1 Å². The second-order valence-corrected chi connectivity index (χ2v) is 2.87. The van der Waals surface area contributed by atoms with E-state index < -0.39 is 18.3 Å². The summed E-state index contributed by atoms with van der Waals surface area (Å²) in [5.41, 5.74) is 0.0934. The molecular formula is C10H9F2NO3. The summed E-state index contributed by atoms with van der Waals surface area (Å²) < 4.78 is 28.5. The van der Waals surface area contributed by atoms with Crippen LogP contribution in [-0.2, 0) is 14.3 Å². The van der Waals surface area contributed by atoms with E-state index in [0.717, 1.165) is 19.2 Å². The molecule has 0 aliphatic rings. The largest absolute Gasteiger partial charge is 0.462 e. The van der Waals surface area contributed by atoms with Crippen molar-refractivity contribution in [3.63, 3.8) is 0 Å². The fourth-order valence-corrected chi connectivity index (χ4v) is 0.987. The molecule has 1 aromatic rings. The minimum Gasteiger partial charge on any atom is -0.462 e. The van der Waals surface area contributed by atoms with E-state index in [2.05, 4.69) is 10.1 Å². The summed E-state index contributed by atoms with van der Waals surface area (Å²) in [7, 11) is 1.07. The van der Waals surface area contributed by atoms with Gasteiger partial charge < -0.3 is 10.1 Å². The SMILES string of the molecule is COC(=O)C(=O)Nc1ccc(C(F)F)cc1. The minimum atomic E-state index is -2.56. The number of hydrogen-bond acceptors (Lipinski definition) is 3. The van der Waals surface area contributed by atoms with E-state index in [0.29, 0.717) is 0 Å². The summed E-state index contributed by atoms with van der Waals surface area (Å²) >= 11 is 0. The van der Waals surface area contributed by atoms with Crippen molar-refractivity contribution in [3.8, 4) is 0 Å². The van der Waals surface area contributed by atoms with Gasteiger partial charge in [-0.15, -0.1) is 0 Å². The molecular weight excluding hydrogens is 220 g/mol. The standard InChI is InChI=1S/C10H9F2NO3/c1-16-10(15)9(14)13-7-4-2-6(3-5-7)8(11)12/h2-5,8H,1H3,(H,13,14). The van der Waals surface area contributed by atoms with E-state index in [4.69, 9.17) is 0 Å². The number of carbonyl (C=O) groups excluding carboxylic acids is 2. The summed E-state index contributed by atoms with van der Waals surface area (Å²) in [6, 6.07) is 4.89. The molecule has 6 heteroatoms. The zero-order valence-corrected chi connectivity index (χ0v) is 8.37. The maximum atomic E-state index is 12.2. The van der Waals surface area contributed by atoms with Crippen LogP contribution in [0.4, 0.5) is 14.5 Å². The molecule has 0 fully saturated rings. The van der Waals surface area contributed by atoms with Gasteiger partial charge >= 0.3 is 11.9 Å². The van der Waals surface area contributed by atoms with E-state index in [1.807, 2.05) is 0 Å². The van der Waals surface area contributed by atoms with Crippen LogP contribution in [0.1, 0.15) is 12.0 Å². The maximum absolute atomic E-state index is 12.2. The lowest BCUT2D eigenvalue weighted by atomic mass is 10.2. The molecule has 0 atom stereocenters. The zero-order chi connectivity index (χ0) is 12.1. The molecule has 1 N–H and O–H groups in total. The van der Waals surface area contributed by atoms with Crippen LogP contribution in [0.25, 0.3) is 0 Å². The Balaban J connectivity index is 2.69. The monoisotopic (exact) mass is 229 g/mol. The highest BCUT2D eigenvalue weighted by molar-refractivity contribution is 6.37. The van der Waals surface area contributed by atoms with E-state index >= 15 is 0 Å². The summed E-state index contributed by atoms with van der Waals surface area (Å²) in [6.45, 7) is 0. The number of nitrogens with one attached hydrogen (secondary N) is 1. The number of hydrogen-bond donors (Lipinski definition) is 1. The van der Waals surface area contributed by atoms with Crippen molar-refractivity contribution in [2.45, 2.75) is 6.43 Å².